The van der Waals surface area contributed by atoms with E-state index >= 15 is 0 Å². The summed E-state index contributed by atoms with van der Waals surface area (Å²) < 4.78 is 62.8. The van der Waals surface area contributed by atoms with Crippen LogP contribution < -0.4 is 0 Å². The van der Waals surface area contributed by atoms with Gasteiger partial charge in [0.1, 0.15) is 17.7 Å². The first-order valence-electron chi connectivity index (χ1n) is 10.9. The standard InChI is InChI=1S/C27H23F2NO4S/c1-3-34-27(31)24-14-15-25(19-6-4-8-21(28)16-19)30(26(24)20-7-5-9-22(29)17-20)35(32,33)23-12-10-18(2)11-13-23/h4-17,26H,3H2,1-2H3. The van der Waals surface area contributed by atoms with Crippen molar-refractivity contribution in [1.29, 1.82) is 0 Å². The molecule has 0 spiro atoms. The van der Waals surface area contributed by atoms with E-state index in [-0.39, 0.29) is 33.9 Å². The number of carbonyl (C=O) groups excluding carboxylic acids is 1. The first-order valence-corrected chi connectivity index (χ1v) is 12.4. The molecule has 4 rings (SSSR count). The number of rotatable bonds is 6. The van der Waals surface area contributed by atoms with Gasteiger partial charge in [0.05, 0.1) is 22.8 Å². The monoisotopic (exact) mass is 495 g/mol. The second-order valence-electron chi connectivity index (χ2n) is 7.98. The van der Waals surface area contributed by atoms with Crippen molar-refractivity contribution in [2.24, 2.45) is 0 Å². The number of hydrogen-bond acceptors (Lipinski definition) is 4. The van der Waals surface area contributed by atoms with Crippen molar-refractivity contribution in [3.8, 4) is 0 Å². The Morgan fingerprint density at radius 2 is 1.60 bits per heavy atom. The van der Waals surface area contributed by atoms with E-state index in [4.69, 9.17) is 4.74 Å². The van der Waals surface area contributed by atoms with E-state index in [9.17, 15) is 22.0 Å². The summed E-state index contributed by atoms with van der Waals surface area (Å²) in [6.45, 7) is 3.52. The molecular formula is C27H23F2NO4S. The van der Waals surface area contributed by atoms with Crippen LogP contribution in [0.2, 0.25) is 0 Å². The Morgan fingerprint density at radius 3 is 2.23 bits per heavy atom. The minimum Gasteiger partial charge on any atom is -0.463 e. The molecule has 0 radical (unpaired) electrons. The van der Waals surface area contributed by atoms with Crippen LogP contribution in [0.1, 0.15) is 29.7 Å². The molecule has 35 heavy (non-hydrogen) atoms. The zero-order valence-corrected chi connectivity index (χ0v) is 19.9. The third-order valence-electron chi connectivity index (χ3n) is 5.56. The molecular weight excluding hydrogens is 472 g/mol. The van der Waals surface area contributed by atoms with E-state index in [1.54, 1.807) is 25.1 Å². The number of carbonyl (C=O) groups is 1. The Morgan fingerprint density at radius 1 is 0.943 bits per heavy atom. The zero-order valence-electron chi connectivity index (χ0n) is 19.1. The predicted octanol–water partition coefficient (Wildman–Crippen LogP) is 5.55. The average Bonchev–Trinajstić information content (AvgIpc) is 2.83. The molecule has 0 N–H and O–H groups in total. The molecule has 0 bridgehead atoms. The first-order chi connectivity index (χ1) is 16.7. The SMILES string of the molecule is CCOC(=O)C1=CC=C(c2cccc(F)c2)N(S(=O)(=O)c2ccc(C)cc2)C1c1cccc(F)c1. The summed E-state index contributed by atoms with van der Waals surface area (Å²) in [6.07, 6.45) is 2.87. The predicted molar refractivity (Wildman–Crippen MR) is 128 cm³/mol. The summed E-state index contributed by atoms with van der Waals surface area (Å²) in [7, 11) is -4.31. The highest BCUT2D eigenvalue weighted by molar-refractivity contribution is 7.89. The number of hydrogen-bond donors (Lipinski definition) is 0. The highest BCUT2D eigenvalue weighted by atomic mass is 32.2. The highest BCUT2D eigenvalue weighted by Crippen LogP contribution is 2.43. The van der Waals surface area contributed by atoms with Crippen LogP contribution in [-0.4, -0.2) is 25.3 Å². The van der Waals surface area contributed by atoms with Crippen LogP contribution in [-0.2, 0) is 19.6 Å². The summed E-state index contributed by atoms with van der Waals surface area (Å²) in [5.41, 5.74) is 1.50. The molecule has 0 aliphatic carbocycles. The first kappa shape index (κ1) is 24.3. The van der Waals surface area contributed by atoms with Gasteiger partial charge in [0.2, 0.25) is 0 Å². The minimum atomic E-state index is -4.31. The maximum Gasteiger partial charge on any atom is 0.336 e. The molecule has 0 saturated heterocycles. The number of nitrogens with zero attached hydrogens (tertiary/aromatic N) is 1. The molecule has 3 aromatic carbocycles. The number of sulfonamides is 1. The van der Waals surface area contributed by atoms with E-state index in [0.717, 1.165) is 9.87 Å². The summed E-state index contributed by atoms with van der Waals surface area (Å²) in [6, 6.07) is 15.8. The molecule has 0 saturated carbocycles. The van der Waals surface area contributed by atoms with Crippen molar-refractivity contribution in [1.82, 2.24) is 4.31 Å². The number of benzene rings is 3. The second-order valence-corrected chi connectivity index (χ2v) is 9.79. The highest BCUT2D eigenvalue weighted by Gasteiger charge is 2.41. The van der Waals surface area contributed by atoms with Crippen LogP contribution >= 0.6 is 0 Å². The Labute approximate surface area is 203 Å². The Hall–Kier alpha value is -3.78. The molecule has 1 heterocycles. The van der Waals surface area contributed by atoms with E-state index in [2.05, 4.69) is 0 Å². The fraction of sp³-hybridized carbons (Fsp3) is 0.148. The van der Waals surface area contributed by atoms with Crippen LogP contribution in [0.4, 0.5) is 8.78 Å². The van der Waals surface area contributed by atoms with Crippen molar-refractivity contribution in [3.05, 3.63) is 119 Å². The molecule has 5 nitrogen and oxygen atoms in total. The molecule has 1 atom stereocenters. The van der Waals surface area contributed by atoms with Crippen LogP contribution in [0.15, 0.2) is 95.4 Å². The van der Waals surface area contributed by atoms with E-state index in [0.29, 0.717) is 0 Å². The van der Waals surface area contributed by atoms with E-state index < -0.39 is 33.7 Å². The average molecular weight is 496 g/mol. The van der Waals surface area contributed by atoms with Crippen molar-refractivity contribution in [2.75, 3.05) is 6.61 Å². The van der Waals surface area contributed by atoms with Gasteiger partial charge in [-0.2, -0.15) is 0 Å². The Balaban J connectivity index is 2.01. The zero-order chi connectivity index (χ0) is 25.2. The maximum absolute atomic E-state index is 14.3. The molecule has 3 aromatic rings. The number of allylic oxidation sites excluding steroid dienone is 2. The lowest BCUT2D eigenvalue weighted by atomic mass is 9.93. The molecule has 0 aromatic heterocycles. The molecule has 8 heteroatoms. The van der Waals surface area contributed by atoms with Gasteiger partial charge in [-0.1, -0.05) is 42.0 Å². The lowest BCUT2D eigenvalue weighted by Gasteiger charge is -2.37. The van der Waals surface area contributed by atoms with E-state index in [1.165, 1.54) is 66.7 Å². The van der Waals surface area contributed by atoms with Gasteiger partial charge in [0.25, 0.3) is 10.0 Å². The molecule has 1 aliphatic heterocycles. The topological polar surface area (TPSA) is 63.7 Å². The second kappa shape index (κ2) is 9.84. The van der Waals surface area contributed by atoms with Gasteiger partial charge in [-0.25, -0.2) is 22.0 Å². The number of aryl methyl sites for hydroxylation is 1. The number of esters is 1. The fourth-order valence-corrected chi connectivity index (χ4v) is 5.59. The Kier molecular flexibility index (Phi) is 6.84. The smallest absolute Gasteiger partial charge is 0.336 e. The lowest BCUT2D eigenvalue weighted by Crippen LogP contribution is -2.38. The molecule has 0 fully saturated rings. The number of halogens is 2. The molecule has 180 valence electrons. The van der Waals surface area contributed by atoms with Crippen LogP contribution in [0, 0.1) is 18.6 Å². The van der Waals surface area contributed by atoms with Gasteiger partial charge in [0.15, 0.2) is 0 Å². The molecule has 0 amide bonds. The fourth-order valence-electron chi connectivity index (χ4n) is 3.95. The van der Waals surface area contributed by atoms with Gasteiger partial charge in [-0.15, -0.1) is 0 Å². The van der Waals surface area contributed by atoms with Crippen molar-refractivity contribution in [2.45, 2.75) is 24.8 Å². The summed E-state index contributed by atoms with van der Waals surface area (Å²) >= 11 is 0. The van der Waals surface area contributed by atoms with Gasteiger partial charge in [-0.3, -0.25) is 4.31 Å². The normalized spacial score (nSPS) is 15.9. The summed E-state index contributed by atoms with van der Waals surface area (Å²) in [4.78, 5) is 12.9. The maximum atomic E-state index is 14.3. The molecule has 1 unspecified atom stereocenters. The largest absolute Gasteiger partial charge is 0.463 e. The van der Waals surface area contributed by atoms with Crippen molar-refractivity contribution < 1.29 is 26.7 Å². The summed E-state index contributed by atoms with van der Waals surface area (Å²) in [5.74, 6) is -1.89. The van der Waals surface area contributed by atoms with Crippen LogP contribution in [0.5, 0.6) is 0 Å². The van der Waals surface area contributed by atoms with Gasteiger partial charge >= 0.3 is 5.97 Å². The van der Waals surface area contributed by atoms with E-state index in [1.807, 2.05) is 6.92 Å². The van der Waals surface area contributed by atoms with Crippen molar-refractivity contribution in [3.63, 3.8) is 0 Å². The number of ether oxygens (including phenoxy) is 1. The quantitative estimate of drug-likeness (QED) is 0.421. The van der Waals surface area contributed by atoms with Gasteiger partial charge < -0.3 is 4.74 Å². The van der Waals surface area contributed by atoms with Crippen LogP contribution in [0.25, 0.3) is 5.70 Å². The van der Waals surface area contributed by atoms with Crippen molar-refractivity contribution >= 4 is 21.7 Å². The Bertz CT molecular complexity index is 1430. The van der Waals surface area contributed by atoms with Gasteiger partial charge in [-0.05, 0) is 68.0 Å². The lowest BCUT2D eigenvalue weighted by molar-refractivity contribution is -0.139. The summed E-state index contributed by atoms with van der Waals surface area (Å²) in [5, 5.41) is 0. The third kappa shape index (κ3) is 4.88. The van der Waals surface area contributed by atoms with Crippen LogP contribution in [0.3, 0.4) is 0 Å². The minimum absolute atomic E-state index is 0.00768. The van der Waals surface area contributed by atoms with Gasteiger partial charge in [0, 0.05) is 5.56 Å². The molecule has 1 aliphatic rings. The third-order valence-corrected chi connectivity index (χ3v) is 7.35.